The summed E-state index contributed by atoms with van der Waals surface area (Å²) in [5.41, 5.74) is -0.416. The van der Waals surface area contributed by atoms with Crippen molar-refractivity contribution < 1.29 is 19.6 Å². The van der Waals surface area contributed by atoms with E-state index in [0.29, 0.717) is 25.8 Å². The Balaban J connectivity index is 2.56. The topological polar surface area (TPSA) is 145 Å². The molecule has 1 aromatic carbocycles. The summed E-state index contributed by atoms with van der Waals surface area (Å²) in [6.45, 7) is 0.477. The summed E-state index contributed by atoms with van der Waals surface area (Å²) in [7, 11) is 0. The Morgan fingerprint density at radius 3 is 2.69 bits per heavy atom. The van der Waals surface area contributed by atoms with Gasteiger partial charge in [0.25, 0.3) is 11.6 Å². The third-order valence-electron chi connectivity index (χ3n) is 3.22. The minimum absolute atomic E-state index is 0.0615. The van der Waals surface area contributed by atoms with Gasteiger partial charge in [0.2, 0.25) is 0 Å². The Labute approximate surface area is 154 Å². The SMILES string of the molecule is N#C/C(=C/NCCCCCC(=O)O)C(=O)Nc1ccc(Cl)c([N+](=O)[O-])c1. The largest absolute Gasteiger partial charge is 0.481 e. The number of aliphatic carboxylic acids is 1. The van der Waals surface area contributed by atoms with Gasteiger partial charge in [-0.3, -0.25) is 19.7 Å². The third-order valence-corrected chi connectivity index (χ3v) is 3.54. The van der Waals surface area contributed by atoms with Crippen LogP contribution in [0.15, 0.2) is 30.0 Å². The molecule has 0 atom stereocenters. The zero-order valence-electron chi connectivity index (χ0n) is 13.7. The number of carbonyl (C=O) groups is 2. The van der Waals surface area contributed by atoms with Crippen LogP contribution in [0.3, 0.4) is 0 Å². The quantitative estimate of drug-likeness (QED) is 0.186. The summed E-state index contributed by atoms with van der Waals surface area (Å²) in [5, 5.41) is 33.5. The molecule has 10 heteroatoms. The van der Waals surface area contributed by atoms with E-state index in [0.717, 1.165) is 6.07 Å². The van der Waals surface area contributed by atoms with Gasteiger partial charge < -0.3 is 15.7 Å². The molecule has 0 aliphatic heterocycles. The molecule has 0 saturated heterocycles. The van der Waals surface area contributed by atoms with Crippen LogP contribution in [-0.2, 0) is 9.59 Å². The lowest BCUT2D eigenvalue weighted by molar-refractivity contribution is -0.384. The fraction of sp³-hybridized carbons (Fsp3) is 0.312. The second-order valence-corrected chi connectivity index (χ2v) is 5.61. The van der Waals surface area contributed by atoms with Crippen LogP contribution in [0.1, 0.15) is 25.7 Å². The number of nitro benzene ring substituents is 1. The van der Waals surface area contributed by atoms with E-state index in [9.17, 15) is 19.7 Å². The maximum absolute atomic E-state index is 12.0. The van der Waals surface area contributed by atoms with Crippen LogP contribution in [0.25, 0.3) is 0 Å². The molecule has 138 valence electrons. The molecule has 1 amide bonds. The van der Waals surface area contributed by atoms with Crippen molar-refractivity contribution in [1.82, 2.24) is 5.32 Å². The molecule has 0 saturated carbocycles. The number of amides is 1. The highest BCUT2D eigenvalue weighted by Crippen LogP contribution is 2.27. The van der Waals surface area contributed by atoms with Crippen LogP contribution in [0.2, 0.25) is 5.02 Å². The van der Waals surface area contributed by atoms with E-state index >= 15 is 0 Å². The van der Waals surface area contributed by atoms with Crippen molar-refractivity contribution in [3.8, 4) is 6.07 Å². The molecule has 0 spiro atoms. The number of halogens is 1. The maximum Gasteiger partial charge on any atom is 0.303 e. The molecular weight excluding hydrogens is 364 g/mol. The fourth-order valence-electron chi connectivity index (χ4n) is 1.93. The summed E-state index contributed by atoms with van der Waals surface area (Å²) in [6.07, 6.45) is 3.30. The first-order chi connectivity index (χ1) is 12.3. The molecule has 0 radical (unpaired) electrons. The Bertz CT molecular complexity index is 757. The average molecular weight is 381 g/mol. The highest BCUT2D eigenvalue weighted by molar-refractivity contribution is 6.32. The van der Waals surface area contributed by atoms with Gasteiger partial charge in [0, 0.05) is 30.9 Å². The fourth-order valence-corrected chi connectivity index (χ4v) is 2.12. The summed E-state index contributed by atoms with van der Waals surface area (Å²) in [6, 6.07) is 5.50. The van der Waals surface area contributed by atoms with Crippen molar-refractivity contribution >= 4 is 34.9 Å². The number of rotatable bonds is 10. The number of hydrogen-bond acceptors (Lipinski definition) is 6. The molecule has 0 fully saturated rings. The predicted octanol–water partition coefficient (Wildman–Crippen LogP) is 2.83. The van der Waals surface area contributed by atoms with Crippen LogP contribution < -0.4 is 10.6 Å². The molecule has 0 aliphatic rings. The zero-order chi connectivity index (χ0) is 19.5. The third kappa shape index (κ3) is 7.19. The number of carboxylic acids is 1. The van der Waals surface area contributed by atoms with Gasteiger partial charge in [0.15, 0.2) is 0 Å². The summed E-state index contributed by atoms with van der Waals surface area (Å²) in [4.78, 5) is 32.6. The van der Waals surface area contributed by atoms with E-state index in [1.807, 2.05) is 0 Å². The summed E-state index contributed by atoms with van der Waals surface area (Å²) >= 11 is 5.69. The second-order valence-electron chi connectivity index (χ2n) is 5.21. The van der Waals surface area contributed by atoms with Gasteiger partial charge in [0.1, 0.15) is 16.7 Å². The lowest BCUT2D eigenvalue weighted by atomic mass is 10.2. The lowest BCUT2D eigenvalue weighted by Gasteiger charge is -2.06. The number of unbranched alkanes of at least 4 members (excludes halogenated alkanes) is 2. The molecule has 0 unspecified atom stereocenters. The smallest absolute Gasteiger partial charge is 0.303 e. The van der Waals surface area contributed by atoms with E-state index in [1.54, 1.807) is 6.07 Å². The van der Waals surface area contributed by atoms with Gasteiger partial charge in [-0.1, -0.05) is 18.0 Å². The predicted molar refractivity (Wildman–Crippen MR) is 94.5 cm³/mol. The van der Waals surface area contributed by atoms with Crippen LogP contribution in [0.4, 0.5) is 11.4 Å². The first kappa shape index (κ1) is 20.9. The van der Waals surface area contributed by atoms with Crippen LogP contribution in [0.5, 0.6) is 0 Å². The molecule has 0 heterocycles. The number of nitriles is 1. The Kier molecular flexibility index (Phi) is 8.60. The van der Waals surface area contributed by atoms with Crippen molar-refractivity contribution in [1.29, 1.82) is 5.26 Å². The number of anilines is 1. The summed E-state index contributed by atoms with van der Waals surface area (Å²) in [5.74, 6) is -1.56. The van der Waals surface area contributed by atoms with Gasteiger partial charge in [-0.25, -0.2) is 0 Å². The van der Waals surface area contributed by atoms with Crippen molar-refractivity contribution in [3.05, 3.63) is 45.1 Å². The van der Waals surface area contributed by atoms with Crippen LogP contribution >= 0.6 is 11.6 Å². The molecule has 9 nitrogen and oxygen atoms in total. The van der Waals surface area contributed by atoms with Gasteiger partial charge in [-0.15, -0.1) is 0 Å². The molecule has 1 aromatic rings. The lowest BCUT2D eigenvalue weighted by Crippen LogP contribution is -2.17. The standard InChI is InChI=1S/C16H17ClN4O5/c17-13-6-5-12(8-14(13)21(25)26)20-16(24)11(9-18)10-19-7-3-1-2-4-15(22)23/h5-6,8,10,19H,1-4,7H2,(H,20,24)(H,22,23)/b11-10-. The molecule has 3 N–H and O–H groups in total. The normalized spacial score (nSPS) is 10.7. The number of hydrogen-bond donors (Lipinski definition) is 3. The van der Waals surface area contributed by atoms with Crippen molar-refractivity contribution in [3.63, 3.8) is 0 Å². The van der Waals surface area contributed by atoms with E-state index < -0.39 is 16.8 Å². The molecule has 0 aromatic heterocycles. The van der Waals surface area contributed by atoms with E-state index in [2.05, 4.69) is 10.6 Å². The number of nitrogens with zero attached hydrogens (tertiary/aromatic N) is 2. The highest BCUT2D eigenvalue weighted by Gasteiger charge is 2.15. The molecular formula is C16H17ClN4O5. The van der Waals surface area contributed by atoms with E-state index in [-0.39, 0.29) is 28.4 Å². The second kappa shape index (κ2) is 10.7. The number of benzene rings is 1. The van der Waals surface area contributed by atoms with E-state index in [4.69, 9.17) is 22.0 Å². The number of nitro groups is 1. The minimum Gasteiger partial charge on any atom is -0.481 e. The summed E-state index contributed by atoms with van der Waals surface area (Å²) < 4.78 is 0. The Morgan fingerprint density at radius 1 is 1.35 bits per heavy atom. The number of carboxylic acid groups (broad SMARTS) is 1. The first-order valence-corrected chi connectivity index (χ1v) is 8.03. The highest BCUT2D eigenvalue weighted by atomic mass is 35.5. The zero-order valence-corrected chi connectivity index (χ0v) is 14.5. The number of carbonyl (C=O) groups excluding carboxylic acids is 1. The van der Waals surface area contributed by atoms with Crippen molar-refractivity contribution in [2.24, 2.45) is 0 Å². The van der Waals surface area contributed by atoms with Crippen LogP contribution in [0, 0.1) is 21.4 Å². The van der Waals surface area contributed by atoms with Crippen LogP contribution in [-0.4, -0.2) is 28.5 Å². The number of nitrogens with one attached hydrogen (secondary N) is 2. The van der Waals surface area contributed by atoms with Gasteiger partial charge >= 0.3 is 5.97 Å². The monoisotopic (exact) mass is 380 g/mol. The van der Waals surface area contributed by atoms with Gasteiger partial charge in [0.05, 0.1) is 4.92 Å². The molecule has 1 rings (SSSR count). The first-order valence-electron chi connectivity index (χ1n) is 7.66. The van der Waals surface area contributed by atoms with Crippen molar-refractivity contribution in [2.45, 2.75) is 25.7 Å². The van der Waals surface area contributed by atoms with E-state index in [1.165, 1.54) is 18.3 Å². The maximum atomic E-state index is 12.0. The van der Waals surface area contributed by atoms with Gasteiger partial charge in [-0.05, 0) is 25.0 Å². The average Bonchev–Trinajstić information content (AvgIpc) is 2.58. The molecule has 0 aliphatic carbocycles. The molecule has 0 bridgehead atoms. The minimum atomic E-state index is -0.844. The Hall–Kier alpha value is -3.12. The Morgan fingerprint density at radius 2 is 2.08 bits per heavy atom. The molecule has 26 heavy (non-hydrogen) atoms. The van der Waals surface area contributed by atoms with Gasteiger partial charge in [-0.2, -0.15) is 5.26 Å². The van der Waals surface area contributed by atoms with Crippen molar-refractivity contribution in [2.75, 3.05) is 11.9 Å².